The minimum absolute atomic E-state index is 0.0543. The Kier molecular flexibility index (Phi) is 19.4. The van der Waals surface area contributed by atoms with Crippen molar-refractivity contribution < 1.29 is 38.2 Å². The molecule has 48 heavy (non-hydrogen) atoms. The van der Waals surface area contributed by atoms with Crippen molar-refractivity contribution in [2.45, 2.75) is 38.0 Å². The minimum atomic E-state index is -1.03. The Balaban J connectivity index is 2.04. The molecule has 2 heterocycles. The van der Waals surface area contributed by atoms with Crippen LogP contribution in [0.1, 0.15) is 34.6 Å². The number of ether oxygens (including phenoxy) is 2. The van der Waals surface area contributed by atoms with E-state index in [0.717, 1.165) is 43.2 Å². The van der Waals surface area contributed by atoms with Crippen LogP contribution in [0.2, 0.25) is 0 Å². The molecule has 14 nitrogen and oxygen atoms in total. The molecule has 0 aliphatic carbocycles. The van der Waals surface area contributed by atoms with Crippen molar-refractivity contribution in [3.63, 3.8) is 0 Å². The third kappa shape index (κ3) is 13.8. The van der Waals surface area contributed by atoms with E-state index in [2.05, 4.69) is 45.9 Å². The van der Waals surface area contributed by atoms with Gasteiger partial charge < -0.3 is 31.6 Å². The molecule has 262 valence electrons. The lowest BCUT2D eigenvalue weighted by Gasteiger charge is -2.17. The first-order valence-electron chi connectivity index (χ1n) is 14.2. The molecule has 2 aromatic heterocycles. The van der Waals surface area contributed by atoms with Gasteiger partial charge in [-0.1, -0.05) is 21.6 Å². The smallest absolute Gasteiger partial charge is 0.329 e. The summed E-state index contributed by atoms with van der Waals surface area (Å²) in [5.74, 6) is -2.01. The number of nitrogens with zero attached hydrogens (tertiary/aromatic N) is 2. The number of carbonyl (C=O) groups is 6. The molecule has 2 rings (SSSR count). The molecule has 0 saturated heterocycles. The van der Waals surface area contributed by atoms with Crippen molar-refractivity contribution >= 4 is 102 Å². The molecular weight excluding hydrogens is 741 g/mol. The maximum Gasteiger partial charge on any atom is 0.329 e. The van der Waals surface area contributed by atoms with E-state index in [1.165, 1.54) is 24.5 Å². The summed E-state index contributed by atoms with van der Waals surface area (Å²) in [5, 5.41) is 4.60. The number of thiol groups is 2. The number of nitrogens with two attached hydrogens (primary N) is 2. The second kappa shape index (κ2) is 22.3. The van der Waals surface area contributed by atoms with Crippen molar-refractivity contribution in [1.29, 1.82) is 0 Å². The average molecular weight is 777 g/mol. The zero-order valence-electron chi connectivity index (χ0n) is 25.9. The molecule has 20 heteroatoms. The number of rotatable bonds is 19. The van der Waals surface area contributed by atoms with Crippen LogP contribution in [0.15, 0.2) is 36.7 Å². The predicted octanol–water partition coefficient (Wildman–Crippen LogP) is 1.80. The van der Waals surface area contributed by atoms with Gasteiger partial charge in [0.1, 0.15) is 12.1 Å². The van der Waals surface area contributed by atoms with Crippen LogP contribution in [0.4, 0.5) is 0 Å². The van der Waals surface area contributed by atoms with Crippen LogP contribution in [0.25, 0.3) is 11.4 Å². The molecule has 0 radical (unpaired) electrons. The standard InChI is InChI=1S/C28H36N6O8S6/c1-3-41-25(37)21(13-45-47-27(39)17(29)11-43)33-23(35)15-5-7-19(31-9-15)20-8-6-16(10-32-20)24(36)34-22(26(38)42-4-2)14-46-48-28(40)18(30)12-44/h5-10,17-18,21-22,43-44H,3-4,11-14,29-30H2,1-2H3,(H,33,35)(H,34,36)/t17-,18-,21?,22?/m0/s1. The highest BCUT2D eigenvalue weighted by molar-refractivity contribution is 8.82. The Hall–Kier alpha value is -2.46. The van der Waals surface area contributed by atoms with Gasteiger partial charge in [-0.25, -0.2) is 9.59 Å². The van der Waals surface area contributed by atoms with Gasteiger partial charge >= 0.3 is 11.9 Å². The monoisotopic (exact) mass is 776 g/mol. The van der Waals surface area contributed by atoms with Crippen molar-refractivity contribution in [2.75, 3.05) is 36.2 Å². The lowest BCUT2D eigenvalue weighted by atomic mass is 10.1. The zero-order valence-corrected chi connectivity index (χ0v) is 30.9. The number of hydrogen-bond donors (Lipinski definition) is 6. The number of carbonyl (C=O) groups excluding carboxylic acids is 6. The van der Waals surface area contributed by atoms with E-state index in [0.29, 0.717) is 11.4 Å². The summed E-state index contributed by atoms with van der Waals surface area (Å²) in [6, 6.07) is 2.51. The first-order valence-corrected chi connectivity index (χ1v) is 20.1. The summed E-state index contributed by atoms with van der Waals surface area (Å²) < 4.78 is 10.1. The lowest BCUT2D eigenvalue weighted by molar-refractivity contribution is -0.145. The summed E-state index contributed by atoms with van der Waals surface area (Å²) in [4.78, 5) is 83.2. The fourth-order valence-corrected chi connectivity index (χ4v) is 7.99. The van der Waals surface area contributed by atoms with E-state index in [9.17, 15) is 28.8 Å². The number of hydrogen-bond acceptors (Lipinski definition) is 18. The second-order valence-electron chi connectivity index (χ2n) is 9.37. The fraction of sp³-hybridized carbons (Fsp3) is 0.429. The summed E-state index contributed by atoms with van der Waals surface area (Å²) >= 11 is 7.99. The van der Waals surface area contributed by atoms with Gasteiger partial charge in [0.15, 0.2) is 0 Å². The van der Waals surface area contributed by atoms with Gasteiger partial charge in [0, 0.05) is 35.4 Å². The first-order chi connectivity index (χ1) is 22.9. The Bertz CT molecular complexity index is 1300. The number of nitrogens with one attached hydrogen (secondary N) is 2. The SMILES string of the molecule is CCOC(=O)C(CSSC(=O)[C@@H](N)CS)NC(=O)c1ccc(-c2ccc(C(=O)NC(CSSC(=O)[C@@H](N)CS)C(=O)OCC)cn2)nc1. The van der Waals surface area contributed by atoms with E-state index in [1.54, 1.807) is 26.0 Å². The van der Waals surface area contributed by atoms with Crippen LogP contribution in [0, 0.1) is 0 Å². The minimum Gasteiger partial charge on any atom is -0.464 e. The van der Waals surface area contributed by atoms with E-state index in [1.807, 2.05) is 0 Å². The Labute approximate surface area is 304 Å². The van der Waals surface area contributed by atoms with Crippen molar-refractivity contribution in [3.05, 3.63) is 47.8 Å². The average Bonchev–Trinajstić information content (AvgIpc) is 3.09. The number of aromatic nitrogens is 2. The van der Waals surface area contributed by atoms with Crippen molar-refractivity contribution in [3.8, 4) is 11.4 Å². The zero-order chi connectivity index (χ0) is 35.6. The molecule has 6 N–H and O–H groups in total. The maximum atomic E-state index is 12.9. The highest BCUT2D eigenvalue weighted by Gasteiger charge is 2.26. The molecule has 2 aromatic rings. The van der Waals surface area contributed by atoms with Crippen LogP contribution in [-0.4, -0.2) is 104 Å². The predicted molar refractivity (Wildman–Crippen MR) is 197 cm³/mol. The first kappa shape index (κ1) is 41.7. The Morgan fingerprint density at radius 1 is 0.708 bits per heavy atom. The third-order valence-electron chi connectivity index (χ3n) is 5.82. The van der Waals surface area contributed by atoms with Crippen LogP contribution in [0.3, 0.4) is 0 Å². The van der Waals surface area contributed by atoms with Crippen molar-refractivity contribution in [1.82, 2.24) is 20.6 Å². The molecule has 0 spiro atoms. The van der Waals surface area contributed by atoms with Gasteiger partial charge in [-0.15, -0.1) is 0 Å². The lowest BCUT2D eigenvalue weighted by Crippen LogP contribution is -2.43. The van der Waals surface area contributed by atoms with E-state index >= 15 is 0 Å². The molecule has 0 bridgehead atoms. The Morgan fingerprint density at radius 2 is 1.08 bits per heavy atom. The summed E-state index contributed by atoms with van der Waals surface area (Å²) in [6.07, 6.45) is 2.61. The molecule has 2 unspecified atom stereocenters. The molecule has 4 atom stereocenters. The molecule has 0 fully saturated rings. The van der Waals surface area contributed by atoms with E-state index in [4.69, 9.17) is 20.9 Å². The third-order valence-corrected chi connectivity index (χ3v) is 11.2. The molecule has 0 saturated carbocycles. The Morgan fingerprint density at radius 3 is 1.38 bits per heavy atom. The summed E-state index contributed by atoms with van der Waals surface area (Å²) in [6.45, 7) is 3.49. The van der Waals surface area contributed by atoms with Crippen LogP contribution >= 0.6 is 68.4 Å². The van der Waals surface area contributed by atoms with Crippen LogP contribution in [0.5, 0.6) is 0 Å². The molecule has 0 aromatic carbocycles. The van der Waals surface area contributed by atoms with Gasteiger partial charge in [-0.2, -0.15) is 25.3 Å². The molecule has 2 amide bonds. The highest BCUT2D eigenvalue weighted by Crippen LogP contribution is 2.26. The number of amides is 2. The van der Waals surface area contributed by atoms with Gasteiger partial charge in [-0.3, -0.25) is 29.1 Å². The topological polar surface area (TPSA) is 223 Å². The van der Waals surface area contributed by atoms with E-state index < -0.39 is 47.9 Å². The quantitative estimate of drug-likeness (QED) is 0.0680. The van der Waals surface area contributed by atoms with Gasteiger partial charge in [0.2, 0.25) is 10.2 Å². The highest BCUT2D eigenvalue weighted by atomic mass is 33.1. The van der Waals surface area contributed by atoms with Gasteiger partial charge in [0.25, 0.3) is 11.8 Å². The van der Waals surface area contributed by atoms with E-state index in [-0.39, 0.29) is 57.6 Å². The fourth-order valence-electron chi connectivity index (χ4n) is 3.26. The number of pyridine rings is 2. The van der Waals surface area contributed by atoms with Gasteiger partial charge in [0.05, 0.1) is 47.8 Å². The summed E-state index contributed by atoms with van der Waals surface area (Å²) in [7, 11) is 3.86. The number of esters is 2. The van der Waals surface area contributed by atoms with Crippen LogP contribution in [-0.2, 0) is 28.7 Å². The molecular formula is C28H36N6O8S6. The van der Waals surface area contributed by atoms with Gasteiger partial charge in [-0.05, 0) is 59.7 Å². The second-order valence-corrected chi connectivity index (χ2v) is 14.8. The largest absolute Gasteiger partial charge is 0.464 e. The summed E-state index contributed by atoms with van der Waals surface area (Å²) in [5.41, 5.74) is 12.4. The van der Waals surface area contributed by atoms with Crippen molar-refractivity contribution in [2.24, 2.45) is 11.5 Å². The molecule has 0 aliphatic heterocycles. The molecule has 0 aliphatic rings. The van der Waals surface area contributed by atoms with Crippen LogP contribution < -0.4 is 22.1 Å². The normalized spacial score (nSPS) is 13.4. The maximum absolute atomic E-state index is 12.9.